The molecule has 0 bridgehead atoms. The van der Waals surface area contributed by atoms with E-state index in [-0.39, 0.29) is 23.1 Å². The summed E-state index contributed by atoms with van der Waals surface area (Å²) >= 11 is 1.64. The van der Waals surface area contributed by atoms with Crippen LogP contribution in [0.4, 0.5) is 0 Å². The molecule has 0 unspecified atom stereocenters. The van der Waals surface area contributed by atoms with Gasteiger partial charge in [-0.1, -0.05) is 0 Å². The van der Waals surface area contributed by atoms with E-state index in [1.165, 1.54) is 4.88 Å². The fourth-order valence-electron chi connectivity index (χ4n) is 1.78. The first kappa shape index (κ1) is 13.5. The Bertz CT molecular complexity index is 657. The summed E-state index contributed by atoms with van der Waals surface area (Å²) in [7, 11) is 0. The van der Waals surface area contributed by atoms with Crippen LogP contribution in [0.3, 0.4) is 0 Å². The number of thiophene rings is 1. The molecule has 2 heterocycles. The van der Waals surface area contributed by atoms with Crippen molar-refractivity contribution in [2.24, 2.45) is 0 Å². The van der Waals surface area contributed by atoms with Crippen LogP contribution < -0.4 is 10.9 Å². The Kier molecular flexibility index (Phi) is 3.85. The molecule has 1 amide bonds. The van der Waals surface area contributed by atoms with Gasteiger partial charge in [0.1, 0.15) is 5.56 Å². The first-order valence-corrected chi connectivity index (χ1v) is 6.86. The van der Waals surface area contributed by atoms with Gasteiger partial charge < -0.3 is 10.3 Å². The van der Waals surface area contributed by atoms with Crippen LogP contribution in [0.2, 0.25) is 0 Å². The highest BCUT2D eigenvalue weighted by Crippen LogP contribution is 2.22. The van der Waals surface area contributed by atoms with E-state index < -0.39 is 0 Å². The van der Waals surface area contributed by atoms with Gasteiger partial charge >= 0.3 is 0 Å². The highest BCUT2D eigenvalue weighted by atomic mass is 32.1. The number of aromatic nitrogens is 1. The highest BCUT2D eigenvalue weighted by molar-refractivity contribution is 7.12. The molecule has 2 aromatic heterocycles. The van der Waals surface area contributed by atoms with Crippen molar-refractivity contribution < 1.29 is 4.79 Å². The summed E-state index contributed by atoms with van der Waals surface area (Å²) < 4.78 is 0. The van der Waals surface area contributed by atoms with Crippen molar-refractivity contribution in [1.82, 2.24) is 10.3 Å². The molecule has 1 atom stereocenters. The smallest absolute Gasteiger partial charge is 0.260 e. The maximum atomic E-state index is 12.0. The number of amides is 1. The molecule has 100 valence electrons. The zero-order valence-electron chi connectivity index (χ0n) is 11.1. The van der Waals surface area contributed by atoms with Gasteiger partial charge in [-0.3, -0.25) is 9.59 Å². The summed E-state index contributed by atoms with van der Waals surface area (Å²) in [6.45, 7) is 5.71. The summed E-state index contributed by atoms with van der Waals surface area (Å²) in [5, 5.41) is 2.84. The molecule has 0 aliphatic heterocycles. The lowest BCUT2D eigenvalue weighted by molar-refractivity contribution is 0.0939. The Hall–Kier alpha value is -1.88. The quantitative estimate of drug-likeness (QED) is 0.905. The third kappa shape index (κ3) is 3.12. The lowest BCUT2D eigenvalue weighted by Crippen LogP contribution is -2.31. The van der Waals surface area contributed by atoms with Crippen molar-refractivity contribution in [3.05, 3.63) is 55.6 Å². The number of aryl methyl sites for hydroxylation is 2. The zero-order valence-corrected chi connectivity index (χ0v) is 11.9. The van der Waals surface area contributed by atoms with E-state index in [0.717, 1.165) is 10.6 Å². The molecule has 0 aliphatic rings. The van der Waals surface area contributed by atoms with E-state index in [1.54, 1.807) is 30.4 Å². The molecule has 4 nitrogen and oxygen atoms in total. The first-order valence-electron chi connectivity index (χ1n) is 6.04. The Morgan fingerprint density at radius 1 is 1.26 bits per heavy atom. The van der Waals surface area contributed by atoms with E-state index in [1.807, 2.05) is 26.0 Å². The number of hydrogen-bond donors (Lipinski definition) is 2. The van der Waals surface area contributed by atoms with Gasteiger partial charge in [0.05, 0.1) is 6.04 Å². The maximum absolute atomic E-state index is 12.0. The molecule has 0 aliphatic carbocycles. The third-order valence-corrected chi connectivity index (χ3v) is 4.02. The molecular weight excluding hydrogens is 260 g/mol. The van der Waals surface area contributed by atoms with Crippen molar-refractivity contribution in [2.75, 3.05) is 0 Å². The lowest BCUT2D eigenvalue weighted by Gasteiger charge is -2.11. The normalized spacial score (nSPS) is 12.2. The number of nitrogens with one attached hydrogen (secondary N) is 2. The number of carbonyl (C=O) groups excluding carboxylic acids is 1. The number of rotatable bonds is 3. The van der Waals surface area contributed by atoms with Crippen molar-refractivity contribution in [3.8, 4) is 0 Å². The Morgan fingerprint density at radius 2 is 2.00 bits per heavy atom. The topological polar surface area (TPSA) is 62.0 Å². The largest absolute Gasteiger partial charge is 0.345 e. The molecule has 0 radical (unpaired) electrons. The van der Waals surface area contributed by atoms with Crippen LogP contribution in [-0.4, -0.2) is 10.9 Å². The number of hydrogen-bond acceptors (Lipinski definition) is 3. The first-order chi connectivity index (χ1) is 8.97. The van der Waals surface area contributed by atoms with E-state index in [0.29, 0.717) is 0 Å². The molecule has 5 heteroatoms. The molecule has 0 saturated carbocycles. The Morgan fingerprint density at radius 3 is 2.58 bits per heavy atom. The second kappa shape index (κ2) is 5.40. The monoisotopic (exact) mass is 276 g/mol. The van der Waals surface area contributed by atoms with Crippen molar-refractivity contribution in [2.45, 2.75) is 26.8 Å². The average Bonchev–Trinajstić information content (AvgIpc) is 2.75. The van der Waals surface area contributed by atoms with Crippen molar-refractivity contribution >= 4 is 17.2 Å². The van der Waals surface area contributed by atoms with E-state index in [4.69, 9.17) is 0 Å². The van der Waals surface area contributed by atoms with Crippen LogP contribution in [0, 0.1) is 13.8 Å². The molecule has 0 saturated heterocycles. The molecule has 2 N–H and O–H groups in total. The second-order valence-corrected chi connectivity index (χ2v) is 5.85. The van der Waals surface area contributed by atoms with Gasteiger partial charge in [0, 0.05) is 15.4 Å². The molecule has 0 fully saturated rings. The van der Waals surface area contributed by atoms with Crippen LogP contribution in [0.5, 0.6) is 0 Å². The SMILES string of the molecule is Cc1ccc(C(=O)N[C@H](C)c2ccc(C)s2)c(=O)[nH]1. The predicted octanol–water partition coefficient (Wildman–Crippen LogP) is 2.54. The van der Waals surface area contributed by atoms with Crippen LogP contribution in [0.25, 0.3) is 0 Å². The van der Waals surface area contributed by atoms with Crippen molar-refractivity contribution in [3.63, 3.8) is 0 Å². The summed E-state index contributed by atoms with van der Waals surface area (Å²) in [4.78, 5) is 28.6. The second-order valence-electron chi connectivity index (χ2n) is 4.53. The number of aromatic amines is 1. The Labute approximate surface area is 115 Å². The van der Waals surface area contributed by atoms with Gasteiger partial charge in [0.15, 0.2) is 0 Å². The molecule has 0 spiro atoms. The standard InChI is InChI=1S/C14H16N2O2S/c1-8-4-6-11(13(17)15-8)14(18)16-10(3)12-7-5-9(2)19-12/h4-7,10H,1-3H3,(H,15,17)(H,16,18)/t10-/m1/s1. The fourth-order valence-corrected chi connectivity index (χ4v) is 2.66. The minimum absolute atomic E-state index is 0.105. The van der Waals surface area contributed by atoms with Gasteiger partial charge in [-0.25, -0.2) is 0 Å². The summed E-state index contributed by atoms with van der Waals surface area (Å²) in [5.41, 5.74) is 0.529. The van der Waals surface area contributed by atoms with Crippen LogP contribution in [0.1, 0.15) is 38.8 Å². The van der Waals surface area contributed by atoms with E-state index in [9.17, 15) is 9.59 Å². The minimum atomic E-state index is -0.355. The molecule has 2 rings (SSSR count). The molecular formula is C14H16N2O2S. The predicted molar refractivity (Wildman–Crippen MR) is 76.7 cm³/mol. The van der Waals surface area contributed by atoms with Gasteiger partial charge in [0.25, 0.3) is 11.5 Å². The number of H-pyrrole nitrogens is 1. The van der Waals surface area contributed by atoms with E-state index in [2.05, 4.69) is 10.3 Å². The van der Waals surface area contributed by atoms with Gasteiger partial charge in [0.2, 0.25) is 0 Å². The van der Waals surface area contributed by atoms with Crippen LogP contribution >= 0.6 is 11.3 Å². The Balaban J connectivity index is 2.15. The lowest BCUT2D eigenvalue weighted by atomic mass is 10.2. The van der Waals surface area contributed by atoms with Gasteiger partial charge in [-0.2, -0.15) is 0 Å². The zero-order chi connectivity index (χ0) is 14.0. The molecule has 0 aromatic carbocycles. The molecule has 19 heavy (non-hydrogen) atoms. The van der Waals surface area contributed by atoms with Crippen LogP contribution in [0.15, 0.2) is 29.1 Å². The van der Waals surface area contributed by atoms with Gasteiger partial charge in [-0.05, 0) is 45.0 Å². The maximum Gasteiger partial charge on any atom is 0.260 e. The fraction of sp³-hybridized carbons (Fsp3) is 0.286. The van der Waals surface area contributed by atoms with Crippen LogP contribution in [-0.2, 0) is 0 Å². The highest BCUT2D eigenvalue weighted by Gasteiger charge is 2.15. The third-order valence-electron chi connectivity index (χ3n) is 2.84. The average molecular weight is 276 g/mol. The van der Waals surface area contributed by atoms with Crippen molar-refractivity contribution in [1.29, 1.82) is 0 Å². The van der Waals surface area contributed by atoms with E-state index >= 15 is 0 Å². The summed E-state index contributed by atoms with van der Waals surface area (Å²) in [6.07, 6.45) is 0. The number of carbonyl (C=O) groups is 1. The number of pyridine rings is 1. The van der Waals surface area contributed by atoms with Gasteiger partial charge in [-0.15, -0.1) is 11.3 Å². The minimum Gasteiger partial charge on any atom is -0.345 e. The summed E-state index contributed by atoms with van der Waals surface area (Å²) in [6, 6.07) is 7.17. The molecule has 2 aromatic rings. The summed E-state index contributed by atoms with van der Waals surface area (Å²) in [5.74, 6) is -0.347.